The first-order valence-electron chi connectivity index (χ1n) is 4.75. The quantitative estimate of drug-likeness (QED) is 0.792. The summed E-state index contributed by atoms with van der Waals surface area (Å²) < 4.78 is 2.69. The average Bonchev–Trinajstić information content (AvgIpc) is 2.49. The Morgan fingerprint density at radius 2 is 2.27 bits per heavy atom. The van der Waals surface area contributed by atoms with Crippen LogP contribution in [0.2, 0.25) is 5.15 Å². The number of hydrogen-bond donors (Lipinski definition) is 0. The van der Waals surface area contributed by atoms with E-state index in [4.69, 9.17) is 11.6 Å². The third kappa shape index (κ3) is 2.16. The average molecular weight is 289 g/mol. The van der Waals surface area contributed by atoms with Gasteiger partial charge < -0.3 is 0 Å². The summed E-state index contributed by atoms with van der Waals surface area (Å²) in [7, 11) is 0. The van der Waals surface area contributed by atoms with Crippen molar-refractivity contribution in [2.24, 2.45) is 5.92 Å². The summed E-state index contributed by atoms with van der Waals surface area (Å²) in [5.74, 6) is 0.539. The van der Waals surface area contributed by atoms with E-state index in [9.17, 15) is 0 Å². The van der Waals surface area contributed by atoms with Crippen molar-refractivity contribution in [3.63, 3.8) is 0 Å². The van der Waals surface area contributed by atoms with Crippen molar-refractivity contribution in [3.05, 3.63) is 21.9 Å². The predicted molar refractivity (Wildman–Crippen MR) is 65.1 cm³/mol. The van der Waals surface area contributed by atoms with Crippen molar-refractivity contribution in [2.45, 2.75) is 20.4 Å². The Morgan fingerprint density at radius 1 is 1.53 bits per heavy atom. The van der Waals surface area contributed by atoms with Crippen LogP contribution in [-0.2, 0) is 6.54 Å². The zero-order valence-corrected chi connectivity index (χ0v) is 10.9. The molecule has 80 valence electrons. The Hall–Kier alpha value is -0.610. The molecule has 0 amide bonds. The van der Waals surface area contributed by atoms with Gasteiger partial charge in [0.15, 0.2) is 5.65 Å². The molecule has 2 rings (SSSR count). The molecule has 0 aliphatic heterocycles. The van der Waals surface area contributed by atoms with E-state index in [0.29, 0.717) is 11.1 Å². The first-order chi connectivity index (χ1) is 7.08. The Morgan fingerprint density at radius 3 is 2.93 bits per heavy atom. The molecule has 0 atom stereocenters. The molecule has 3 nitrogen and oxygen atoms in total. The zero-order valence-electron chi connectivity index (χ0n) is 8.54. The molecular weight excluding hydrogens is 277 g/mol. The van der Waals surface area contributed by atoms with E-state index in [1.54, 1.807) is 0 Å². The van der Waals surface area contributed by atoms with Crippen LogP contribution < -0.4 is 0 Å². The van der Waals surface area contributed by atoms with Gasteiger partial charge in [0.1, 0.15) is 5.15 Å². The summed E-state index contributed by atoms with van der Waals surface area (Å²) in [5, 5.41) is 5.78. The van der Waals surface area contributed by atoms with E-state index in [1.165, 1.54) is 0 Å². The molecule has 0 bridgehead atoms. The number of pyridine rings is 1. The summed E-state index contributed by atoms with van der Waals surface area (Å²) in [4.78, 5) is 4.31. The van der Waals surface area contributed by atoms with Gasteiger partial charge in [-0.25, -0.2) is 9.67 Å². The highest BCUT2D eigenvalue weighted by atomic mass is 79.9. The minimum atomic E-state index is 0.480. The molecular formula is C10H11BrClN3. The lowest BCUT2D eigenvalue weighted by molar-refractivity contribution is 0.492. The molecule has 5 heteroatoms. The lowest BCUT2D eigenvalue weighted by Crippen LogP contribution is -2.06. The van der Waals surface area contributed by atoms with E-state index < -0.39 is 0 Å². The lowest BCUT2D eigenvalue weighted by atomic mass is 10.2. The molecule has 0 saturated heterocycles. The highest BCUT2D eigenvalue weighted by Gasteiger charge is 2.08. The minimum absolute atomic E-state index is 0.480. The molecule has 0 spiro atoms. The van der Waals surface area contributed by atoms with Gasteiger partial charge in [0.05, 0.1) is 10.7 Å². The van der Waals surface area contributed by atoms with E-state index >= 15 is 0 Å². The van der Waals surface area contributed by atoms with Crippen LogP contribution in [0.3, 0.4) is 0 Å². The SMILES string of the molecule is CC(C)Cn1ncc2cc(Br)c(Cl)nc21. The molecule has 2 aromatic rings. The standard InChI is InChI=1S/C10H11BrClN3/c1-6(2)5-15-10-7(4-13-15)3-8(11)9(12)14-10/h3-4,6H,5H2,1-2H3. The van der Waals surface area contributed by atoms with Gasteiger partial charge >= 0.3 is 0 Å². The number of halogens is 2. The molecule has 0 aliphatic carbocycles. The molecule has 0 unspecified atom stereocenters. The lowest BCUT2D eigenvalue weighted by Gasteiger charge is -2.05. The van der Waals surface area contributed by atoms with Gasteiger partial charge in [-0.2, -0.15) is 5.10 Å². The molecule has 0 saturated carbocycles. The van der Waals surface area contributed by atoms with E-state index in [1.807, 2.05) is 16.9 Å². The number of nitrogens with zero attached hydrogens (tertiary/aromatic N) is 3. The Kier molecular flexibility index (Phi) is 2.98. The van der Waals surface area contributed by atoms with Crippen LogP contribution in [-0.4, -0.2) is 14.8 Å². The Balaban J connectivity index is 2.54. The van der Waals surface area contributed by atoms with Gasteiger partial charge in [-0.15, -0.1) is 0 Å². The van der Waals surface area contributed by atoms with E-state index in [2.05, 4.69) is 39.9 Å². The fraction of sp³-hybridized carbons (Fsp3) is 0.400. The van der Waals surface area contributed by atoms with Crippen LogP contribution in [0.4, 0.5) is 0 Å². The van der Waals surface area contributed by atoms with Gasteiger partial charge in [0.25, 0.3) is 0 Å². The van der Waals surface area contributed by atoms with Crippen LogP contribution in [0.5, 0.6) is 0 Å². The fourth-order valence-electron chi connectivity index (χ4n) is 1.44. The molecule has 15 heavy (non-hydrogen) atoms. The summed E-state index contributed by atoms with van der Waals surface area (Å²) in [6, 6.07) is 1.94. The highest BCUT2D eigenvalue weighted by molar-refractivity contribution is 9.10. The van der Waals surface area contributed by atoms with Crippen LogP contribution in [0.1, 0.15) is 13.8 Å². The second-order valence-electron chi connectivity index (χ2n) is 3.89. The van der Waals surface area contributed by atoms with Crippen molar-refractivity contribution in [3.8, 4) is 0 Å². The van der Waals surface area contributed by atoms with E-state index in [-0.39, 0.29) is 0 Å². The number of fused-ring (bicyclic) bond motifs is 1. The normalized spacial score (nSPS) is 11.5. The molecule has 0 aliphatic rings. The highest BCUT2D eigenvalue weighted by Crippen LogP contribution is 2.25. The van der Waals surface area contributed by atoms with Crippen LogP contribution in [0.15, 0.2) is 16.7 Å². The summed E-state index contributed by atoms with van der Waals surface area (Å²) in [6.07, 6.45) is 1.81. The van der Waals surface area contributed by atoms with Crippen molar-refractivity contribution in [2.75, 3.05) is 0 Å². The molecule has 0 fully saturated rings. The van der Waals surface area contributed by atoms with Crippen molar-refractivity contribution < 1.29 is 0 Å². The summed E-state index contributed by atoms with van der Waals surface area (Å²) >= 11 is 9.30. The predicted octanol–water partition coefficient (Wildman–Crippen LogP) is 3.50. The number of aromatic nitrogens is 3. The van der Waals surface area contributed by atoms with Crippen LogP contribution >= 0.6 is 27.5 Å². The van der Waals surface area contributed by atoms with Gasteiger partial charge in [-0.05, 0) is 27.9 Å². The van der Waals surface area contributed by atoms with Crippen molar-refractivity contribution in [1.29, 1.82) is 0 Å². The maximum Gasteiger partial charge on any atom is 0.159 e. The Bertz CT molecular complexity index is 493. The monoisotopic (exact) mass is 287 g/mol. The first kappa shape index (κ1) is 10.9. The van der Waals surface area contributed by atoms with Crippen molar-refractivity contribution in [1.82, 2.24) is 14.8 Å². The first-order valence-corrected chi connectivity index (χ1v) is 5.92. The second-order valence-corrected chi connectivity index (χ2v) is 5.11. The fourth-order valence-corrected chi connectivity index (χ4v) is 1.91. The van der Waals surface area contributed by atoms with Crippen LogP contribution in [0, 0.1) is 5.92 Å². The molecule has 2 heterocycles. The maximum absolute atomic E-state index is 5.95. The van der Waals surface area contributed by atoms with Crippen LogP contribution in [0.25, 0.3) is 11.0 Å². The molecule has 0 radical (unpaired) electrons. The smallest absolute Gasteiger partial charge is 0.159 e. The number of rotatable bonds is 2. The van der Waals surface area contributed by atoms with E-state index in [0.717, 1.165) is 22.1 Å². The molecule has 0 aromatic carbocycles. The number of hydrogen-bond acceptors (Lipinski definition) is 2. The second kappa shape index (κ2) is 4.10. The van der Waals surface area contributed by atoms with Gasteiger partial charge in [-0.1, -0.05) is 25.4 Å². The molecule has 2 aromatic heterocycles. The topological polar surface area (TPSA) is 30.7 Å². The third-order valence-electron chi connectivity index (χ3n) is 2.06. The summed E-state index contributed by atoms with van der Waals surface area (Å²) in [5.41, 5.74) is 0.844. The summed E-state index contributed by atoms with van der Waals surface area (Å²) in [6.45, 7) is 5.15. The third-order valence-corrected chi connectivity index (χ3v) is 3.18. The largest absolute Gasteiger partial charge is 0.247 e. The zero-order chi connectivity index (χ0) is 11.0. The van der Waals surface area contributed by atoms with Crippen molar-refractivity contribution >= 4 is 38.6 Å². The molecule has 0 N–H and O–H groups in total. The minimum Gasteiger partial charge on any atom is -0.247 e. The van der Waals surface area contributed by atoms with Gasteiger partial charge in [0, 0.05) is 11.9 Å². The maximum atomic E-state index is 5.95. The van der Waals surface area contributed by atoms with Gasteiger partial charge in [-0.3, -0.25) is 0 Å². The Labute approximate surface area is 102 Å². The van der Waals surface area contributed by atoms with Gasteiger partial charge in [0.2, 0.25) is 0 Å².